The lowest BCUT2D eigenvalue weighted by Gasteiger charge is -2.54. The predicted molar refractivity (Wildman–Crippen MR) is 93.1 cm³/mol. The summed E-state index contributed by atoms with van der Waals surface area (Å²) >= 11 is 0. The number of carbonyl (C=O) groups is 1. The summed E-state index contributed by atoms with van der Waals surface area (Å²) in [5.41, 5.74) is 5.81. The summed E-state index contributed by atoms with van der Waals surface area (Å²) in [6, 6.07) is -0.716. The van der Waals surface area contributed by atoms with Gasteiger partial charge in [-0.3, -0.25) is 4.79 Å². The second-order valence-electron chi connectivity index (χ2n) is 7.86. The van der Waals surface area contributed by atoms with Gasteiger partial charge >= 0.3 is 0 Å². The summed E-state index contributed by atoms with van der Waals surface area (Å²) in [5, 5.41) is 2.99. The van der Waals surface area contributed by atoms with Crippen LogP contribution in [0.15, 0.2) is 0 Å². The standard InChI is InChI=1S/C16H28N2O3S.ClH/c1-22(20,21)3-2-15(17)16(19)18-9-14-12-5-10-4-11(7-12)8-13(14)6-10;/h10-15H,2-9,17H2,1H3,(H,18,19);1H. The maximum Gasteiger partial charge on any atom is 0.236 e. The lowest BCUT2D eigenvalue weighted by atomic mass is 9.52. The molecule has 134 valence electrons. The molecule has 4 rings (SSSR count). The van der Waals surface area contributed by atoms with Crippen molar-refractivity contribution in [1.82, 2.24) is 5.32 Å². The van der Waals surface area contributed by atoms with Crippen molar-refractivity contribution in [2.45, 2.75) is 44.6 Å². The molecular formula is C16H29ClN2O3S. The van der Waals surface area contributed by atoms with E-state index in [1.807, 2.05) is 0 Å². The highest BCUT2D eigenvalue weighted by Gasteiger charge is 2.47. The highest BCUT2D eigenvalue weighted by molar-refractivity contribution is 7.90. The minimum atomic E-state index is -3.06. The van der Waals surface area contributed by atoms with Crippen LogP contribution in [-0.4, -0.2) is 38.9 Å². The fourth-order valence-electron chi connectivity index (χ4n) is 5.19. The van der Waals surface area contributed by atoms with E-state index in [9.17, 15) is 13.2 Å². The van der Waals surface area contributed by atoms with Crippen LogP contribution in [0.25, 0.3) is 0 Å². The number of carbonyl (C=O) groups excluding carboxylic acids is 1. The minimum absolute atomic E-state index is 0. The van der Waals surface area contributed by atoms with Crippen LogP contribution in [0, 0.1) is 29.6 Å². The summed E-state index contributed by atoms with van der Waals surface area (Å²) in [7, 11) is -3.06. The number of rotatable bonds is 6. The second kappa shape index (κ2) is 7.28. The Bertz CT molecular complexity index is 509. The van der Waals surface area contributed by atoms with E-state index in [-0.39, 0.29) is 30.5 Å². The van der Waals surface area contributed by atoms with E-state index in [0.717, 1.165) is 30.2 Å². The number of sulfone groups is 1. The summed E-state index contributed by atoms with van der Waals surface area (Å²) in [4.78, 5) is 12.1. The lowest BCUT2D eigenvalue weighted by Crippen LogP contribution is -2.51. The molecule has 5 nitrogen and oxygen atoms in total. The molecule has 0 saturated heterocycles. The molecule has 0 aromatic carbocycles. The number of halogens is 1. The number of nitrogens with one attached hydrogen (secondary N) is 1. The van der Waals surface area contributed by atoms with Crippen molar-refractivity contribution < 1.29 is 13.2 Å². The van der Waals surface area contributed by atoms with Crippen molar-refractivity contribution >= 4 is 28.2 Å². The van der Waals surface area contributed by atoms with Crippen molar-refractivity contribution in [2.24, 2.45) is 35.3 Å². The van der Waals surface area contributed by atoms with Gasteiger partial charge in [-0.1, -0.05) is 0 Å². The van der Waals surface area contributed by atoms with Crippen molar-refractivity contribution in [3.05, 3.63) is 0 Å². The van der Waals surface area contributed by atoms with Gasteiger partial charge in [0, 0.05) is 12.8 Å². The van der Waals surface area contributed by atoms with Gasteiger partial charge in [0.2, 0.25) is 5.91 Å². The normalized spacial score (nSPS) is 36.3. The average molecular weight is 365 g/mol. The minimum Gasteiger partial charge on any atom is -0.354 e. The first-order chi connectivity index (χ1) is 10.3. The van der Waals surface area contributed by atoms with Gasteiger partial charge in [0.15, 0.2) is 0 Å². The zero-order chi connectivity index (χ0) is 15.9. The molecule has 4 bridgehead atoms. The molecule has 0 aliphatic heterocycles. The molecule has 4 saturated carbocycles. The highest BCUT2D eigenvalue weighted by Crippen LogP contribution is 2.56. The van der Waals surface area contributed by atoms with E-state index in [4.69, 9.17) is 5.73 Å². The quantitative estimate of drug-likeness (QED) is 0.744. The predicted octanol–water partition coefficient (Wildman–Crippen LogP) is 1.36. The molecular weight excluding hydrogens is 336 g/mol. The van der Waals surface area contributed by atoms with E-state index in [1.165, 1.54) is 38.4 Å². The summed E-state index contributed by atoms with van der Waals surface area (Å²) in [6.07, 6.45) is 8.17. The number of amides is 1. The second-order valence-corrected chi connectivity index (χ2v) is 10.1. The Morgan fingerprint density at radius 2 is 1.65 bits per heavy atom. The fraction of sp³-hybridized carbons (Fsp3) is 0.938. The zero-order valence-corrected chi connectivity index (χ0v) is 15.4. The van der Waals surface area contributed by atoms with Gasteiger partial charge in [0.05, 0.1) is 11.8 Å². The van der Waals surface area contributed by atoms with Crippen LogP contribution in [-0.2, 0) is 14.6 Å². The summed E-state index contributed by atoms with van der Waals surface area (Å²) < 4.78 is 22.3. The Balaban J connectivity index is 0.00000192. The van der Waals surface area contributed by atoms with Crippen LogP contribution in [0.5, 0.6) is 0 Å². The van der Waals surface area contributed by atoms with Crippen molar-refractivity contribution in [2.75, 3.05) is 18.6 Å². The third-order valence-corrected chi connectivity index (χ3v) is 7.05. The maximum absolute atomic E-state index is 12.1. The Labute approximate surface area is 145 Å². The van der Waals surface area contributed by atoms with Gasteiger partial charge in [0.1, 0.15) is 9.84 Å². The van der Waals surface area contributed by atoms with E-state index < -0.39 is 15.9 Å². The van der Waals surface area contributed by atoms with Crippen molar-refractivity contribution in [1.29, 1.82) is 0 Å². The van der Waals surface area contributed by atoms with Gasteiger partial charge in [0.25, 0.3) is 0 Å². The summed E-state index contributed by atoms with van der Waals surface area (Å²) in [6.45, 7) is 0.722. The van der Waals surface area contributed by atoms with Crippen molar-refractivity contribution in [3.63, 3.8) is 0 Å². The Morgan fingerprint density at radius 3 is 2.13 bits per heavy atom. The first kappa shape index (κ1) is 19.0. The number of hydrogen-bond acceptors (Lipinski definition) is 4. The maximum atomic E-state index is 12.1. The molecule has 0 spiro atoms. The fourth-order valence-corrected chi connectivity index (χ4v) is 5.87. The van der Waals surface area contributed by atoms with Gasteiger partial charge in [-0.2, -0.15) is 0 Å². The molecule has 0 heterocycles. The monoisotopic (exact) mass is 364 g/mol. The van der Waals surface area contributed by atoms with Gasteiger partial charge in [-0.25, -0.2) is 8.42 Å². The molecule has 4 fully saturated rings. The first-order valence-electron chi connectivity index (χ1n) is 8.53. The molecule has 0 aromatic rings. The highest BCUT2D eigenvalue weighted by atomic mass is 35.5. The molecule has 1 unspecified atom stereocenters. The molecule has 0 radical (unpaired) electrons. The van der Waals surface area contributed by atoms with Crippen LogP contribution in [0.4, 0.5) is 0 Å². The number of nitrogens with two attached hydrogens (primary N) is 1. The Hall–Kier alpha value is -0.330. The van der Waals surface area contributed by atoms with Crippen LogP contribution < -0.4 is 11.1 Å². The van der Waals surface area contributed by atoms with Gasteiger partial charge in [-0.15, -0.1) is 12.4 Å². The van der Waals surface area contributed by atoms with E-state index in [2.05, 4.69) is 5.32 Å². The average Bonchev–Trinajstić information content (AvgIpc) is 2.42. The Morgan fingerprint density at radius 1 is 1.13 bits per heavy atom. The molecule has 1 amide bonds. The molecule has 3 N–H and O–H groups in total. The Kier molecular flexibility index (Phi) is 6.01. The smallest absolute Gasteiger partial charge is 0.236 e. The van der Waals surface area contributed by atoms with Crippen LogP contribution in [0.2, 0.25) is 0 Å². The largest absolute Gasteiger partial charge is 0.354 e. The topological polar surface area (TPSA) is 89.3 Å². The third-order valence-electron chi connectivity index (χ3n) is 6.07. The van der Waals surface area contributed by atoms with E-state index in [0.29, 0.717) is 5.92 Å². The molecule has 4 aliphatic carbocycles. The van der Waals surface area contributed by atoms with Crippen LogP contribution >= 0.6 is 12.4 Å². The first-order valence-corrected chi connectivity index (χ1v) is 10.6. The van der Waals surface area contributed by atoms with Gasteiger partial charge < -0.3 is 11.1 Å². The van der Waals surface area contributed by atoms with Crippen LogP contribution in [0.3, 0.4) is 0 Å². The molecule has 7 heteroatoms. The zero-order valence-electron chi connectivity index (χ0n) is 13.7. The molecule has 0 aromatic heterocycles. The van der Waals surface area contributed by atoms with Crippen molar-refractivity contribution in [3.8, 4) is 0 Å². The van der Waals surface area contributed by atoms with E-state index >= 15 is 0 Å². The lowest BCUT2D eigenvalue weighted by molar-refractivity contribution is -0.123. The third kappa shape index (κ3) is 4.60. The van der Waals surface area contributed by atoms with Gasteiger partial charge in [-0.05, 0) is 68.1 Å². The van der Waals surface area contributed by atoms with E-state index in [1.54, 1.807) is 0 Å². The number of hydrogen-bond donors (Lipinski definition) is 2. The SMILES string of the molecule is CS(=O)(=O)CCC(N)C(=O)NCC1C2CC3CC(C2)CC1C3.Cl. The molecule has 4 aliphatic rings. The summed E-state index contributed by atoms with van der Waals surface area (Å²) in [5.74, 6) is 3.82. The molecule has 1 atom stereocenters. The molecule has 23 heavy (non-hydrogen) atoms. The van der Waals surface area contributed by atoms with Crippen LogP contribution in [0.1, 0.15) is 38.5 Å².